The molecule has 2 unspecified atom stereocenters. The fourth-order valence-corrected chi connectivity index (χ4v) is 3.20. The molecule has 3 N–H and O–H groups in total. The van der Waals surface area contributed by atoms with E-state index in [1.54, 1.807) is 0 Å². The van der Waals surface area contributed by atoms with Crippen LogP contribution in [-0.2, 0) is 9.53 Å². The van der Waals surface area contributed by atoms with Crippen LogP contribution in [0, 0.1) is 11.3 Å². The first-order chi connectivity index (χ1) is 11.4. The van der Waals surface area contributed by atoms with Gasteiger partial charge in [-0.15, -0.1) is 12.4 Å². The number of anilines is 1. The van der Waals surface area contributed by atoms with Crippen LogP contribution in [-0.4, -0.2) is 30.8 Å². The molecule has 5 nitrogen and oxygen atoms in total. The Kier molecular flexibility index (Phi) is 6.02. The Labute approximate surface area is 156 Å². The molecule has 2 saturated carbocycles. The Hall–Kier alpha value is -1.30. The summed E-state index contributed by atoms with van der Waals surface area (Å²) in [5, 5.41) is 2.93. The van der Waals surface area contributed by atoms with Crippen molar-refractivity contribution in [1.82, 2.24) is 0 Å². The molecule has 1 amide bonds. The van der Waals surface area contributed by atoms with Crippen LogP contribution in [0.5, 0.6) is 5.75 Å². The monoisotopic (exact) mass is 368 g/mol. The summed E-state index contributed by atoms with van der Waals surface area (Å²) >= 11 is 0. The summed E-state index contributed by atoms with van der Waals surface area (Å²) in [6, 6.07) is 7.48. The molecule has 3 rings (SSSR count). The molecule has 0 bridgehead atoms. The van der Waals surface area contributed by atoms with Gasteiger partial charge in [0.15, 0.2) is 0 Å². The first-order valence-electron chi connectivity index (χ1n) is 8.81. The number of carbonyl (C=O) groups excluding carboxylic acids is 1. The third-order valence-electron chi connectivity index (χ3n) is 5.53. The molecule has 0 heterocycles. The van der Waals surface area contributed by atoms with Crippen molar-refractivity contribution >= 4 is 24.0 Å². The van der Waals surface area contributed by atoms with Gasteiger partial charge in [-0.05, 0) is 49.9 Å². The topological polar surface area (TPSA) is 73.6 Å². The molecule has 6 heteroatoms. The van der Waals surface area contributed by atoms with Crippen LogP contribution < -0.4 is 15.8 Å². The third kappa shape index (κ3) is 3.94. The fourth-order valence-electron chi connectivity index (χ4n) is 3.20. The van der Waals surface area contributed by atoms with Gasteiger partial charge < -0.3 is 20.5 Å². The lowest BCUT2D eigenvalue weighted by Crippen LogP contribution is -2.74. The van der Waals surface area contributed by atoms with Gasteiger partial charge in [0.05, 0.1) is 12.7 Å². The summed E-state index contributed by atoms with van der Waals surface area (Å²) < 4.78 is 11.4. The molecular formula is C19H29ClN2O3. The maximum atomic E-state index is 12.7. The van der Waals surface area contributed by atoms with Gasteiger partial charge in [-0.3, -0.25) is 4.79 Å². The molecule has 140 valence electrons. The first kappa shape index (κ1) is 20.0. The van der Waals surface area contributed by atoms with Crippen molar-refractivity contribution in [2.45, 2.75) is 51.7 Å². The Morgan fingerprint density at radius 3 is 2.44 bits per heavy atom. The van der Waals surface area contributed by atoms with E-state index in [0.717, 1.165) is 24.0 Å². The Balaban J connectivity index is 0.00000225. The van der Waals surface area contributed by atoms with Gasteiger partial charge in [-0.1, -0.05) is 13.8 Å². The zero-order valence-electron chi connectivity index (χ0n) is 15.2. The first-order valence-corrected chi connectivity index (χ1v) is 8.81. The maximum absolute atomic E-state index is 12.7. The number of carbonyl (C=O) groups is 1. The van der Waals surface area contributed by atoms with Crippen molar-refractivity contribution in [1.29, 1.82) is 0 Å². The standard InChI is InChI=1S/C19H28N2O3.ClH/c1-4-23-16-11-19(20,18(16,2)3)17(22)21-14-7-9-15(10-8-14)24-12-13-5-6-13;/h7-10,13,16H,4-6,11-12,20H2,1-3H3,(H,21,22);1H. The second-order valence-corrected chi connectivity index (χ2v) is 7.57. The van der Waals surface area contributed by atoms with E-state index in [1.807, 2.05) is 45.0 Å². The summed E-state index contributed by atoms with van der Waals surface area (Å²) in [5.41, 5.74) is 5.83. The van der Waals surface area contributed by atoms with Crippen molar-refractivity contribution in [2.24, 2.45) is 17.1 Å². The van der Waals surface area contributed by atoms with Gasteiger partial charge in [0, 0.05) is 24.1 Å². The number of halogens is 1. The lowest BCUT2D eigenvalue weighted by atomic mass is 9.54. The van der Waals surface area contributed by atoms with Crippen molar-refractivity contribution in [3.8, 4) is 5.75 Å². The van der Waals surface area contributed by atoms with Gasteiger partial charge in [0.2, 0.25) is 5.91 Å². The highest BCUT2D eigenvalue weighted by atomic mass is 35.5. The van der Waals surface area contributed by atoms with E-state index >= 15 is 0 Å². The second kappa shape index (κ2) is 7.52. The molecule has 2 atom stereocenters. The summed E-state index contributed by atoms with van der Waals surface area (Å²) in [7, 11) is 0. The predicted octanol–water partition coefficient (Wildman–Crippen LogP) is 3.37. The molecule has 2 aliphatic rings. The molecular weight excluding hydrogens is 340 g/mol. The molecule has 0 spiro atoms. The number of ether oxygens (including phenoxy) is 2. The van der Waals surface area contributed by atoms with Gasteiger partial charge in [-0.2, -0.15) is 0 Å². The predicted molar refractivity (Wildman–Crippen MR) is 101 cm³/mol. The lowest BCUT2D eigenvalue weighted by molar-refractivity contribution is -0.166. The van der Waals surface area contributed by atoms with Gasteiger partial charge in [0.25, 0.3) is 0 Å². The molecule has 0 aromatic heterocycles. The van der Waals surface area contributed by atoms with Gasteiger partial charge in [-0.25, -0.2) is 0 Å². The molecule has 1 aromatic rings. The Bertz CT molecular complexity index is 601. The number of hydrogen-bond donors (Lipinski definition) is 2. The van der Waals surface area contributed by atoms with Crippen LogP contribution >= 0.6 is 12.4 Å². The SMILES string of the molecule is CCOC1CC(N)(C(=O)Nc2ccc(OCC3CC3)cc2)C1(C)C.Cl. The number of rotatable bonds is 7. The highest BCUT2D eigenvalue weighted by molar-refractivity contribution is 5.99. The number of hydrogen-bond acceptors (Lipinski definition) is 4. The lowest BCUT2D eigenvalue weighted by Gasteiger charge is -2.57. The summed E-state index contributed by atoms with van der Waals surface area (Å²) in [6.45, 7) is 7.36. The van der Waals surface area contributed by atoms with Gasteiger partial charge >= 0.3 is 0 Å². The summed E-state index contributed by atoms with van der Waals surface area (Å²) in [4.78, 5) is 12.7. The molecule has 0 saturated heterocycles. The highest BCUT2D eigenvalue weighted by Gasteiger charge is 2.62. The average molecular weight is 369 g/mol. The number of amides is 1. The van der Waals surface area contributed by atoms with E-state index in [9.17, 15) is 4.79 Å². The minimum atomic E-state index is -0.909. The number of benzene rings is 1. The van der Waals surface area contributed by atoms with E-state index in [2.05, 4.69) is 5.32 Å². The van der Waals surface area contributed by atoms with E-state index < -0.39 is 5.54 Å². The van der Waals surface area contributed by atoms with Gasteiger partial charge in [0.1, 0.15) is 11.3 Å². The number of nitrogens with one attached hydrogen (secondary N) is 1. The van der Waals surface area contributed by atoms with Crippen molar-refractivity contribution in [3.05, 3.63) is 24.3 Å². The maximum Gasteiger partial charge on any atom is 0.245 e. The van der Waals surface area contributed by atoms with Crippen LogP contribution in [0.25, 0.3) is 0 Å². The Morgan fingerprint density at radius 2 is 1.92 bits per heavy atom. The van der Waals surface area contributed by atoms with Crippen molar-refractivity contribution in [3.63, 3.8) is 0 Å². The van der Waals surface area contributed by atoms with Crippen LogP contribution in [0.1, 0.15) is 40.0 Å². The quantitative estimate of drug-likeness (QED) is 0.773. The summed E-state index contributed by atoms with van der Waals surface area (Å²) in [6.07, 6.45) is 3.11. The van der Waals surface area contributed by atoms with Crippen LogP contribution in [0.3, 0.4) is 0 Å². The molecule has 2 fully saturated rings. The van der Waals surface area contributed by atoms with Crippen molar-refractivity contribution in [2.75, 3.05) is 18.5 Å². The van der Waals surface area contributed by atoms with Crippen LogP contribution in [0.4, 0.5) is 5.69 Å². The van der Waals surface area contributed by atoms with Crippen LogP contribution in [0.15, 0.2) is 24.3 Å². The largest absolute Gasteiger partial charge is 0.493 e. The van der Waals surface area contributed by atoms with E-state index in [0.29, 0.717) is 13.0 Å². The van der Waals surface area contributed by atoms with E-state index in [1.165, 1.54) is 12.8 Å². The molecule has 25 heavy (non-hydrogen) atoms. The normalized spacial score (nSPS) is 27.0. The van der Waals surface area contributed by atoms with Crippen molar-refractivity contribution < 1.29 is 14.3 Å². The smallest absolute Gasteiger partial charge is 0.245 e. The number of nitrogens with two attached hydrogens (primary N) is 1. The third-order valence-corrected chi connectivity index (χ3v) is 5.53. The van der Waals surface area contributed by atoms with E-state index in [-0.39, 0.29) is 29.8 Å². The zero-order chi connectivity index (χ0) is 17.4. The van der Waals surface area contributed by atoms with Crippen LogP contribution in [0.2, 0.25) is 0 Å². The average Bonchev–Trinajstić information content (AvgIpc) is 3.38. The molecule has 0 radical (unpaired) electrons. The molecule has 0 aliphatic heterocycles. The highest BCUT2D eigenvalue weighted by Crippen LogP contribution is 2.50. The summed E-state index contributed by atoms with van der Waals surface area (Å²) in [5.74, 6) is 1.40. The fraction of sp³-hybridized carbons (Fsp3) is 0.632. The molecule has 2 aliphatic carbocycles. The van der Waals surface area contributed by atoms with E-state index in [4.69, 9.17) is 15.2 Å². The molecule has 1 aromatic carbocycles. The second-order valence-electron chi connectivity index (χ2n) is 7.57. The Morgan fingerprint density at radius 1 is 1.28 bits per heavy atom. The zero-order valence-corrected chi connectivity index (χ0v) is 16.0. The minimum absolute atomic E-state index is 0. The minimum Gasteiger partial charge on any atom is -0.493 e.